The Morgan fingerprint density at radius 3 is 2.14 bits per heavy atom. The molecule has 4 N–H and O–H groups in total. The van der Waals surface area contributed by atoms with Crippen molar-refractivity contribution in [1.82, 2.24) is 9.47 Å². The summed E-state index contributed by atoms with van der Waals surface area (Å²) < 4.78 is 59.3. The highest BCUT2D eigenvalue weighted by molar-refractivity contribution is 6.30. The Hall–Kier alpha value is -4.06. The van der Waals surface area contributed by atoms with E-state index < -0.39 is 120 Å². The number of methoxy groups -OCH3 is 2. The van der Waals surface area contributed by atoms with E-state index >= 15 is 4.79 Å². The van der Waals surface area contributed by atoms with Crippen LogP contribution in [-0.4, -0.2) is 180 Å². The molecule has 0 aliphatic carbocycles. The second-order valence-corrected chi connectivity index (χ2v) is 26.3. The molecule has 2 aromatic carbocycles. The van der Waals surface area contributed by atoms with Crippen molar-refractivity contribution in [3.05, 3.63) is 71.0 Å². The van der Waals surface area contributed by atoms with Crippen molar-refractivity contribution in [2.45, 2.75) is 212 Å². The van der Waals surface area contributed by atoms with Crippen LogP contribution in [0.5, 0.6) is 0 Å². The lowest BCUT2D eigenvalue weighted by atomic mass is 9.73. The Balaban J connectivity index is 1.34. The normalized spacial score (nSPS) is 36.5. The molecule has 18 atom stereocenters. The number of esters is 2. The zero-order valence-corrected chi connectivity index (χ0v) is 53.1. The van der Waals surface area contributed by atoms with E-state index in [1.165, 1.54) is 14.0 Å². The Morgan fingerprint density at radius 1 is 0.845 bits per heavy atom. The lowest BCUT2D eigenvalue weighted by Gasteiger charge is -2.49. The maximum absolute atomic E-state index is 15.3. The summed E-state index contributed by atoms with van der Waals surface area (Å²) in [5, 5.41) is 54.3. The third-order valence-corrected chi connectivity index (χ3v) is 18.3. The number of carbonyl (C=O) groups excluding carboxylic acids is 2. The molecule has 19 nitrogen and oxygen atoms in total. The Kier molecular flexibility index (Phi) is 22.5. The second-order valence-electron chi connectivity index (χ2n) is 25.8. The first-order valence-electron chi connectivity index (χ1n) is 29.8. The predicted octanol–water partition coefficient (Wildman–Crippen LogP) is 8.37. The van der Waals surface area contributed by atoms with Gasteiger partial charge in [0.1, 0.15) is 17.8 Å². The molecule has 2 unspecified atom stereocenters. The van der Waals surface area contributed by atoms with Gasteiger partial charge in [-0.3, -0.25) is 9.59 Å². The summed E-state index contributed by atoms with van der Waals surface area (Å²) in [5.41, 5.74) is 0.938. The number of aromatic nitrogens is 1. The highest BCUT2D eigenvalue weighted by Gasteiger charge is 2.54. The van der Waals surface area contributed by atoms with Gasteiger partial charge in [-0.2, -0.15) is 0 Å². The minimum absolute atomic E-state index is 0.0467. The number of aliphatic hydroxyl groups excluding tert-OH is 2. The van der Waals surface area contributed by atoms with Crippen LogP contribution >= 0.6 is 11.6 Å². The van der Waals surface area contributed by atoms with Crippen molar-refractivity contribution in [3.63, 3.8) is 0 Å². The fourth-order valence-electron chi connectivity index (χ4n) is 13.4. The molecule has 470 valence electrons. The van der Waals surface area contributed by atoms with Crippen LogP contribution < -0.4 is 0 Å². The van der Waals surface area contributed by atoms with Crippen LogP contribution in [0.2, 0.25) is 5.02 Å². The van der Waals surface area contributed by atoms with Gasteiger partial charge in [-0.25, -0.2) is 0 Å². The van der Waals surface area contributed by atoms with E-state index in [0.717, 1.165) is 40.1 Å². The number of halogens is 1. The van der Waals surface area contributed by atoms with Gasteiger partial charge in [-0.05, 0) is 110 Å². The number of fused-ring (bicyclic) bond motifs is 1. The SMILES string of the molecule is CC[C@H]1OC(=O)[C@H](C)[C@@H](OC2C[C@@](C)(OC)[C@@H](O)[C@H](C)O2)[C@H](C)[C@@H](OC2O[C@H](C)C[C@H](N(C)C)[C@H]2OC(=O)Cc2c(-c3ccc(Cl)cc3)c(-c3ccccc3)c3n2CC(C)(C)C3)[C@](C)(O)C[C@@H](C)/C(=N/OCOCCOC)[C@H](C)[C@@H](O)[C@]1(C)O. The first kappa shape index (κ1) is 67.4. The number of oxime groups is 1. The van der Waals surface area contributed by atoms with Gasteiger partial charge >= 0.3 is 11.9 Å². The van der Waals surface area contributed by atoms with Crippen LogP contribution in [-0.2, 0) is 76.4 Å². The number of likely N-dealkylation sites (N-methyl/N-ethyl adjacent to an activating group) is 1. The van der Waals surface area contributed by atoms with Crippen molar-refractivity contribution in [2.24, 2.45) is 34.2 Å². The number of cyclic esters (lactones) is 1. The largest absolute Gasteiger partial charge is 0.459 e. The molecule has 20 heteroatoms. The molecule has 3 saturated heterocycles. The number of benzene rings is 2. The molecule has 3 fully saturated rings. The average Bonchev–Trinajstić information content (AvgIpc) is 1.64. The van der Waals surface area contributed by atoms with E-state index in [0.29, 0.717) is 24.6 Å². The lowest BCUT2D eigenvalue weighted by molar-refractivity contribution is -0.318. The molecule has 0 radical (unpaired) electrons. The molecule has 0 amide bonds. The van der Waals surface area contributed by atoms with Gasteiger partial charge in [0.25, 0.3) is 0 Å². The zero-order valence-electron chi connectivity index (χ0n) is 52.3. The first-order valence-corrected chi connectivity index (χ1v) is 30.2. The number of aliphatic hydroxyl groups is 4. The van der Waals surface area contributed by atoms with Crippen molar-refractivity contribution < 1.29 is 77.5 Å². The topological polar surface area (TPSA) is 228 Å². The maximum atomic E-state index is 15.3. The quantitative estimate of drug-likeness (QED) is 0.0406. The van der Waals surface area contributed by atoms with Gasteiger partial charge in [0, 0.05) is 72.5 Å². The van der Waals surface area contributed by atoms with Gasteiger partial charge in [0.2, 0.25) is 6.79 Å². The molecule has 84 heavy (non-hydrogen) atoms. The van der Waals surface area contributed by atoms with Gasteiger partial charge in [0.15, 0.2) is 18.7 Å². The summed E-state index contributed by atoms with van der Waals surface area (Å²) in [6, 6.07) is 17.4. The Bertz CT molecular complexity index is 2680. The molecule has 5 heterocycles. The van der Waals surface area contributed by atoms with Gasteiger partial charge in [0.05, 0.1) is 79.0 Å². The summed E-state index contributed by atoms with van der Waals surface area (Å²) in [6.45, 7) is 22.4. The van der Waals surface area contributed by atoms with E-state index in [9.17, 15) is 25.2 Å². The van der Waals surface area contributed by atoms with Crippen molar-refractivity contribution in [1.29, 1.82) is 0 Å². The molecule has 3 aromatic rings. The minimum Gasteiger partial charge on any atom is -0.459 e. The second kappa shape index (κ2) is 28.0. The molecule has 0 saturated carbocycles. The Labute approximate surface area is 502 Å². The molecule has 4 aliphatic heterocycles. The third-order valence-electron chi connectivity index (χ3n) is 18.1. The van der Waals surface area contributed by atoms with Crippen LogP contribution in [0.1, 0.15) is 120 Å². The van der Waals surface area contributed by atoms with Crippen molar-refractivity contribution in [3.8, 4) is 22.3 Å². The Morgan fingerprint density at radius 2 is 1.51 bits per heavy atom. The highest BCUT2D eigenvalue weighted by atomic mass is 35.5. The molecular weight excluding hydrogens is 1100 g/mol. The smallest absolute Gasteiger partial charge is 0.312 e. The third kappa shape index (κ3) is 15.1. The molecule has 7 rings (SSSR count). The minimum atomic E-state index is -2.03. The number of carbonyl (C=O) groups is 2. The molecule has 1 aromatic heterocycles. The maximum Gasteiger partial charge on any atom is 0.312 e. The summed E-state index contributed by atoms with van der Waals surface area (Å²) in [7, 11) is 6.86. The number of hydrogen-bond donors (Lipinski definition) is 4. The fraction of sp³-hybridized carbons (Fsp3) is 0.703. The van der Waals surface area contributed by atoms with E-state index in [1.807, 2.05) is 75.3 Å². The van der Waals surface area contributed by atoms with Crippen molar-refractivity contribution >= 4 is 29.3 Å². The predicted molar refractivity (Wildman–Crippen MR) is 318 cm³/mol. The molecule has 0 spiro atoms. The van der Waals surface area contributed by atoms with Gasteiger partial charge in [-0.1, -0.05) is 101 Å². The standard InChI is InChI=1S/C64H96ClN3O16/c1-17-48-64(12,74)56(70)38(4)53(66-78-35-77-28-27-75-15)36(2)31-62(10,73)58(39(5)54(40(6)59(72)81-48)83-50-33-63(11,76-16)57(71)41(7)80-50)84-60-55(46(67(13)14)29-37(3)79-60)82-49(69)30-45-51(43-23-25-44(65)26-24-43)52(42-21-19-18-20-22-42)47-32-61(8,9)34-68(45)47/h18-26,36-41,46,48,50,54-58,60,70-71,73-74H,17,27-35H2,1-16H3/b66-53-/t36-,37-,38+,39+,40-,41+,46+,48-,50?,54+,55-,56-,57+,58-,60?,62-,63-,64-/m1/s1. The number of hydrogen-bond acceptors (Lipinski definition) is 18. The number of rotatable bonds is 18. The summed E-state index contributed by atoms with van der Waals surface area (Å²) in [6.07, 6.45) is -9.80. The number of ether oxygens (including phenoxy) is 9. The lowest BCUT2D eigenvalue weighted by Crippen LogP contribution is -2.61. The highest BCUT2D eigenvalue weighted by Crippen LogP contribution is 2.48. The van der Waals surface area contributed by atoms with Gasteiger partial charge < -0.3 is 77.4 Å². The molecule has 4 aliphatic rings. The first-order chi connectivity index (χ1) is 39.5. The monoisotopic (exact) mass is 1200 g/mol. The molecule has 0 bridgehead atoms. The fourth-order valence-corrected chi connectivity index (χ4v) is 13.6. The van der Waals surface area contributed by atoms with E-state index in [4.69, 9.17) is 59.1 Å². The van der Waals surface area contributed by atoms with Crippen molar-refractivity contribution in [2.75, 3.05) is 48.3 Å². The summed E-state index contributed by atoms with van der Waals surface area (Å²) >= 11 is 6.49. The molecular formula is C64H96ClN3O16. The van der Waals surface area contributed by atoms with Crippen LogP contribution in [0.15, 0.2) is 59.8 Å². The van der Waals surface area contributed by atoms with E-state index in [1.54, 1.807) is 55.6 Å². The van der Waals surface area contributed by atoms with Crippen LogP contribution in [0.3, 0.4) is 0 Å². The van der Waals surface area contributed by atoms with Gasteiger partial charge in [-0.15, -0.1) is 0 Å². The van der Waals surface area contributed by atoms with Crippen LogP contribution in [0, 0.1) is 29.1 Å². The number of nitrogens with zero attached hydrogens (tertiary/aromatic N) is 3. The van der Waals surface area contributed by atoms with Crippen LogP contribution in [0.25, 0.3) is 22.3 Å². The summed E-state index contributed by atoms with van der Waals surface area (Å²) in [4.78, 5) is 37.9. The average molecular weight is 1200 g/mol. The van der Waals surface area contributed by atoms with E-state index in [2.05, 4.69) is 35.7 Å². The zero-order chi connectivity index (χ0) is 61.8. The van der Waals surface area contributed by atoms with E-state index in [-0.39, 0.29) is 50.2 Å². The summed E-state index contributed by atoms with van der Waals surface area (Å²) in [5.74, 6) is -5.04. The van der Waals surface area contributed by atoms with Crippen LogP contribution in [0.4, 0.5) is 0 Å².